The van der Waals surface area contributed by atoms with Crippen LogP contribution in [-0.2, 0) is 0 Å². The van der Waals surface area contributed by atoms with Crippen LogP contribution < -0.4 is 10.2 Å². The zero-order chi connectivity index (χ0) is 14.9. The third kappa shape index (κ3) is 2.66. The number of nitrogens with one attached hydrogen (secondary N) is 1. The Labute approximate surface area is 127 Å². The molecular formula is C15H17N5O2. The second-order valence-corrected chi connectivity index (χ2v) is 5.95. The molecule has 114 valence electrons. The molecule has 1 aliphatic carbocycles. The largest absolute Gasteiger partial charge is 0.354 e. The molecular weight excluding hydrogens is 282 g/mol. The summed E-state index contributed by atoms with van der Waals surface area (Å²) in [4.78, 5) is 13.9. The molecule has 22 heavy (non-hydrogen) atoms. The van der Waals surface area contributed by atoms with Gasteiger partial charge < -0.3 is 14.7 Å². The predicted molar refractivity (Wildman–Crippen MR) is 78.5 cm³/mol. The highest BCUT2D eigenvalue weighted by molar-refractivity contribution is 5.91. The SMILES string of the molecule is O=C(NCC1CN(c2ccc(C3CC3)nn2)C1)c1ccno1. The standard InChI is InChI=1S/C15H17N5O2/c21-15(13-5-6-17-22-13)16-7-10-8-20(9-10)14-4-3-12(18-19-14)11-1-2-11/h3-6,10-11H,1-2,7-9H2,(H,16,21). The molecule has 1 N–H and O–H groups in total. The summed E-state index contributed by atoms with van der Waals surface area (Å²) >= 11 is 0. The molecule has 2 aliphatic rings. The quantitative estimate of drug-likeness (QED) is 0.893. The van der Waals surface area contributed by atoms with Crippen molar-refractivity contribution < 1.29 is 9.32 Å². The van der Waals surface area contributed by atoms with Crippen molar-refractivity contribution in [2.75, 3.05) is 24.5 Å². The van der Waals surface area contributed by atoms with E-state index in [1.807, 2.05) is 6.07 Å². The minimum absolute atomic E-state index is 0.218. The molecule has 0 aromatic carbocycles. The number of hydrogen-bond donors (Lipinski definition) is 1. The van der Waals surface area contributed by atoms with Crippen molar-refractivity contribution in [3.05, 3.63) is 35.9 Å². The Morgan fingerprint density at radius 3 is 2.77 bits per heavy atom. The lowest BCUT2D eigenvalue weighted by Gasteiger charge is -2.39. The van der Waals surface area contributed by atoms with Crippen LogP contribution in [0, 0.1) is 5.92 Å². The van der Waals surface area contributed by atoms with Crippen LogP contribution in [0.5, 0.6) is 0 Å². The Morgan fingerprint density at radius 1 is 1.27 bits per heavy atom. The number of nitrogens with zero attached hydrogens (tertiary/aromatic N) is 4. The first kappa shape index (κ1) is 13.2. The number of carbonyl (C=O) groups excluding carboxylic acids is 1. The molecule has 0 spiro atoms. The summed E-state index contributed by atoms with van der Waals surface area (Å²) in [5.74, 6) is 2.01. The van der Waals surface area contributed by atoms with E-state index in [0.29, 0.717) is 18.4 Å². The number of hydrogen-bond acceptors (Lipinski definition) is 6. The van der Waals surface area contributed by atoms with E-state index in [-0.39, 0.29) is 11.7 Å². The van der Waals surface area contributed by atoms with E-state index in [1.54, 1.807) is 6.07 Å². The van der Waals surface area contributed by atoms with E-state index >= 15 is 0 Å². The first-order valence-corrected chi connectivity index (χ1v) is 7.57. The smallest absolute Gasteiger partial charge is 0.289 e. The third-order valence-electron chi connectivity index (χ3n) is 4.16. The fourth-order valence-corrected chi connectivity index (χ4v) is 2.64. The van der Waals surface area contributed by atoms with Gasteiger partial charge in [0.2, 0.25) is 5.76 Å². The van der Waals surface area contributed by atoms with Gasteiger partial charge in [-0.05, 0) is 25.0 Å². The van der Waals surface area contributed by atoms with Crippen LogP contribution in [0.1, 0.15) is 35.0 Å². The highest BCUT2D eigenvalue weighted by Crippen LogP contribution is 2.38. The molecule has 2 aromatic heterocycles. The van der Waals surface area contributed by atoms with E-state index in [2.05, 4.69) is 31.6 Å². The number of anilines is 1. The Morgan fingerprint density at radius 2 is 2.14 bits per heavy atom. The van der Waals surface area contributed by atoms with Gasteiger partial charge in [0.15, 0.2) is 5.82 Å². The fraction of sp³-hybridized carbons (Fsp3) is 0.467. The molecule has 4 rings (SSSR count). The van der Waals surface area contributed by atoms with Gasteiger partial charge in [-0.2, -0.15) is 5.10 Å². The summed E-state index contributed by atoms with van der Waals surface area (Å²) in [5.41, 5.74) is 1.11. The van der Waals surface area contributed by atoms with Crippen molar-refractivity contribution in [1.29, 1.82) is 0 Å². The predicted octanol–water partition coefficient (Wildman–Crippen LogP) is 1.21. The summed E-state index contributed by atoms with van der Waals surface area (Å²) in [6.07, 6.45) is 3.94. The Bertz CT molecular complexity index is 645. The molecule has 7 nitrogen and oxygen atoms in total. The minimum Gasteiger partial charge on any atom is -0.354 e. The zero-order valence-corrected chi connectivity index (χ0v) is 12.1. The van der Waals surface area contributed by atoms with Crippen LogP contribution in [0.25, 0.3) is 0 Å². The normalized spacial score (nSPS) is 18.1. The van der Waals surface area contributed by atoms with Crippen LogP contribution in [0.15, 0.2) is 28.9 Å². The lowest BCUT2D eigenvalue weighted by atomic mass is 10.0. The number of carbonyl (C=O) groups is 1. The van der Waals surface area contributed by atoms with Crippen LogP contribution in [0.2, 0.25) is 0 Å². The molecule has 0 atom stereocenters. The summed E-state index contributed by atoms with van der Waals surface area (Å²) in [5, 5.41) is 15.0. The molecule has 2 fully saturated rings. The maximum atomic E-state index is 11.7. The maximum Gasteiger partial charge on any atom is 0.289 e. The summed E-state index contributed by atoms with van der Waals surface area (Å²) < 4.78 is 4.81. The monoisotopic (exact) mass is 299 g/mol. The van der Waals surface area contributed by atoms with Gasteiger partial charge in [-0.25, -0.2) is 0 Å². The first-order chi connectivity index (χ1) is 10.8. The maximum absolute atomic E-state index is 11.7. The fourth-order valence-electron chi connectivity index (χ4n) is 2.64. The Hall–Kier alpha value is -2.44. The van der Waals surface area contributed by atoms with Gasteiger partial charge in [0.05, 0.1) is 11.9 Å². The van der Waals surface area contributed by atoms with Crippen molar-refractivity contribution in [3.8, 4) is 0 Å². The molecule has 2 aromatic rings. The molecule has 3 heterocycles. The molecule has 0 radical (unpaired) electrons. The van der Waals surface area contributed by atoms with Crippen molar-refractivity contribution in [2.45, 2.75) is 18.8 Å². The third-order valence-corrected chi connectivity index (χ3v) is 4.16. The Kier molecular flexibility index (Phi) is 3.25. The number of amides is 1. The van der Waals surface area contributed by atoms with Gasteiger partial charge in [0.1, 0.15) is 0 Å². The zero-order valence-electron chi connectivity index (χ0n) is 12.1. The van der Waals surface area contributed by atoms with Gasteiger partial charge >= 0.3 is 0 Å². The van der Waals surface area contributed by atoms with Gasteiger partial charge in [-0.1, -0.05) is 5.16 Å². The van der Waals surface area contributed by atoms with Crippen molar-refractivity contribution in [3.63, 3.8) is 0 Å². The molecule has 0 bridgehead atoms. The van der Waals surface area contributed by atoms with Gasteiger partial charge in [-0.15, -0.1) is 5.10 Å². The van der Waals surface area contributed by atoms with E-state index in [0.717, 1.165) is 24.6 Å². The van der Waals surface area contributed by atoms with E-state index in [4.69, 9.17) is 4.52 Å². The van der Waals surface area contributed by atoms with Gasteiger partial charge in [-0.3, -0.25) is 4.79 Å². The number of rotatable bonds is 5. The molecule has 1 saturated heterocycles. The lowest BCUT2D eigenvalue weighted by Crippen LogP contribution is -2.51. The van der Waals surface area contributed by atoms with Crippen molar-refractivity contribution >= 4 is 11.7 Å². The molecule has 7 heteroatoms. The van der Waals surface area contributed by atoms with E-state index in [9.17, 15) is 4.79 Å². The number of aromatic nitrogens is 3. The lowest BCUT2D eigenvalue weighted by molar-refractivity contribution is 0.0907. The van der Waals surface area contributed by atoms with Gasteiger partial charge in [0.25, 0.3) is 5.91 Å². The first-order valence-electron chi connectivity index (χ1n) is 7.57. The summed E-state index contributed by atoms with van der Waals surface area (Å²) in [6, 6.07) is 5.68. The van der Waals surface area contributed by atoms with Crippen LogP contribution in [-0.4, -0.2) is 40.9 Å². The van der Waals surface area contributed by atoms with Crippen molar-refractivity contribution in [2.24, 2.45) is 5.92 Å². The second-order valence-electron chi connectivity index (χ2n) is 5.95. The summed E-state index contributed by atoms with van der Waals surface area (Å²) in [6.45, 7) is 2.39. The Balaban J connectivity index is 1.24. The van der Waals surface area contributed by atoms with Crippen LogP contribution in [0.3, 0.4) is 0 Å². The minimum atomic E-state index is -0.218. The summed E-state index contributed by atoms with van der Waals surface area (Å²) in [7, 11) is 0. The topological polar surface area (TPSA) is 84.2 Å². The highest BCUT2D eigenvalue weighted by atomic mass is 16.5. The van der Waals surface area contributed by atoms with Crippen molar-refractivity contribution in [1.82, 2.24) is 20.7 Å². The van der Waals surface area contributed by atoms with Crippen LogP contribution >= 0.6 is 0 Å². The van der Waals surface area contributed by atoms with Gasteiger partial charge in [0, 0.05) is 37.5 Å². The van der Waals surface area contributed by atoms with E-state index < -0.39 is 0 Å². The average Bonchev–Trinajstić information content (AvgIpc) is 3.20. The molecule has 1 saturated carbocycles. The molecule has 1 aliphatic heterocycles. The van der Waals surface area contributed by atoms with Crippen LogP contribution in [0.4, 0.5) is 5.82 Å². The molecule has 1 amide bonds. The second kappa shape index (κ2) is 5.40. The average molecular weight is 299 g/mol. The highest BCUT2D eigenvalue weighted by Gasteiger charge is 2.30. The molecule has 0 unspecified atom stereocenters. The van der Waals surface area contributed by atoms with E-state index in [1.165, 1.54) is 19.0 Å².